The summed E-state index contributed by atoms with van der Waals surface area (Å²) in [6, 6.07) is 9.98. The van der Waals surface area contributed by atoms with E-state index in [4.69, 9.17) is 4.42 Å². The number of hydrogen-bond acceptors (Lipinski definition) is 5. The van der Waals surface area contributed by atoms with Crippen LogP contribution in [-0.2, 0) is 0 Å². The second-order valence-corrected chi connectivity index (χ2v) is 6.41. The predicted octanol–water partition coefficient (Wildman–Crippen LogP) is 5.06. The molecule has 114 valence electrons. The van der Waals surface area contributed by atoms with E-state index in [1.807, 2.05) is 49.6 Å². The van der Waals surface area contributed by atoms with Gasteiger partial charge >= 0.3 is 5.95 Å². The summed E-state index contributed by atoms with van der Waals surface area (Å²) >= 11 is 1.52. The van der Waals surface area contributed by atoms with Gasteiger partial charge in [-0.2, -0.15) is 0 Å². The minimum absolute atomic E-state index is 0.171. The molecule has 0 amide bonds. The van der Waals surface area contributed by atoms with Gasteiger partial charge in [0.25, 0.3) is 0 Å². The number of allylic oxidation sites excluding steroid dienone is 1. The Bertz CT molecular complexity index is 950. The summed E-state index contributed by atoms with van der Waals surface area (Å²) < 4.78 is 5.39. The first kappa shape index (κ1) is 14.0. The maximum Gasteiger partial charge on any atom is 0.310 e. The molecule has 0 aliphatic carbocycles. The van der Waals surface area contributed by atoms with Crippen molar-refractivity contribution in [1.82, 2.24) is 4.98 Å². The van der Waals surface area contributed by atoms with Gasteiger partial charge in [-0.15, -0.1) is 11.3 Å². The Hall–Kier alpha value is -2.66. The molecule has 23 heavy (non-hydrogen) atoms. The first-order valence-corrected chi connectivity index (χ1v) is 8.12. The number of thiophene rings is 1. The lowest BCUT2D eigenvalue weighted by molar-refractivity contribution is 0.337. The van der Waals surface area contributed by atoms with Crippen LogP contribution in [0, 0.1) is 6.92 Å². The van der Waals surface area contributed by atoms with Crippen molar-refractivity contribution in [3.05, 3.63) is 52.5 Å². The summed E-state index contributed by atoms with van der Waals surface area (Å²) in [5.74, 6) is 0.260. The maximum absolute atomic E-state index is 10.1. The molecule has 3 heterocycles. The molecule has 3 aromatic rings. The average Bonchev–Trinajstić information content (AvgIpc) is 3.21. The molecule has 0 atom stereocenters. The number of aromatic nitrogens is 1. The lowest BCUT2D eigenvalue weighted by Gasteiger charge is -2.02. The van der Waals surface area contributed by atoms with Crippen LogP contribution in [0.25, 0.3) is 22.4 Å². The topological polar surface area (TPSA) is 58.6 Å². The van der Waals surface area contributed by atoms with Crippen LogP contribution in [0.5, 0.6) is 5.95 Å². The van der Waals surface area contributed by atoms with Crippen molar-refractivity contribution in [3.63, 3.8) is 0 Å². The summed E-state index contributed by atoms with van der Waals surface area (Å²) in [5, 5.41) is 12.0. The minimum Gasteiger partial charge on any atom is -0.479 e. The first-order chi connectivity index (χ1) is 11.1. The highest BCUT2D eigenvalue weighted by Gasteiger charge is 2.20. The van der Waals surface area contributed by atoms with Crippen LogP contribution in [0.2, 0.25) is 0 Å². The molecule has 0 saturated heterocycles. The number of oxazole rings is 1. The Morgan fingerprint density at radius 3 is 2.87 bits per heavy atom. The van der Waals surface area contributed by atoms with E-state index >= 15 is 0 Å². The Morgan fingerprint density at radius 2 is 2.09 bits per heavy atom. The van der Waals surface area contributed by atoms with Gasteiger partial charge in [0.05, 0.1) is 10.6 Å². The number of rotatable bonds is 2. The number of aryl methyl sites for hydroxylation is 1. The second-order valence-electron chi connectivity index (χ2n) is 5.46. The summed E-state index contributed by atoms with van der Waals surface area (Å²) in [5.41, 5.74) is 5.47. The van der Waals surface area contributed by atoms with E-state index in [1.54, 1.807) is 0 Å². The summed E-state index contributed by atoms with van der Waals surface area (Å²) in [6.07, 6.45) is 1.83. The Morgan fingerprint density at radius 1 is 1.22 bits per heavy atom. The standard InChI is InChI=1S/C18H14N2O2S/c1-10-5-6-14-13(8-10)12(11(2)19-14)9-15-18(21)22-17(20-15)16-4-3-7-23-16/h3-9,21H,1-2H3. The molecular weight excluding hydrogens is 308 g/mol. The Kier molecular flexibility index (Phi) is 3.16. The predicted molar refractivity (Wildman–Crippen MR) is 93.3 cm³/mol. The number of hydrogen-bond donors (Lipinski definition) is 1. The quantitative estimate of drug-likeness (QED) is 0.717. The fourth-order valence-electron chi connectivity index (χ4n) is 2.64. The zero-order valence-corrected chi connectivity index (χ0v) is 13.5. The van der Waals surface area contributed by atoms with E-state index in [2.05, 4.69) is 16.0 Å². The van der Waals surface area contributed by atoms with Gasteiger partial charge in [-0.3, -0.25) is 4.99 Å². The lowest BCUT2D eigenvalue weighted by atomic mass is 10.0. The number of nitrogens with zero attached hydrogens (tertiary/aromatic N) is 2. The summed E-state index contributed by atoms with van der Waals surface area (Å²) in [7, 11) is 0. The number of benzene rings is 1. The maximum atomic E-state index is 10.1. The second kappa shape index (κ2) is 5.21. The van der Waals surface area contributed by atoms with Gasteiger partial charge in [0.2, 0.25) is 5.89 Å². The van der Waals surface area contributed by atoms with Gasteiger partial charge in [0.15, 0.2) is 0 Å². The zero-order chi connectivity index (χ0) is 16.0. The molecule has 2 aromatic heterocycles. The van der Waals surface area contributed by atoms with Crippen molar-refractivity contribution in [1.29, 1.82) is 0 Å². The molecule has 1 aliphatic rings. The first-order valence-electron chi connectivity index (χ1n) is 7.24. The van der Waals surface area contributed by atoms with E-state index in [1.165, 1.54) is 16.9 Å². The van der Waals surface area contributed by atoms with E-state index in [0.29, 0.717) is 11.6 Å². The number of aromatic hydroxyl groups is 1. The van der Waals surface area contributed by atoms with Crippen molar-refractivity contribution >= 4 is 34.4 Å². The molecule has 0 spiro atoms. The Balaban J connectivity index is 1.80. The molecule has 1 aliphatic heterocycles. The van der Waals surface area contributed by atoms with Crippen LogP contribution < -0.4 is 0 Å². The summed E-state index contributed by atoms with van der Waals surface area (Å²) in [6.45, 7) is 4.01. The average molecular weight is 322 g/mol. The third kappa shape index (κ3) is 2.39. The number of aliphatic imine (C=N–C) groups is 1. The van der Waals surface area contributed by atoms with Crippen molar-refractivity contribution in [2.75, 3.05) is 0 Å². The molecule has 4 rings (SSSR count). The van der Waals surface area contributed by atoms with Crippen LogP contribution in [0.15, 0.2) is 45.1 Å². The third-order valence-electron chi connectivity index (χ3n) is 3.77. The minimum atomic E-state index is -0.171. The lowest BCUT2D eigenvalue weighted by Crippen LogP contribution is -1.90. The fourth-order valence-corrected chi connectivity index (χ4v) is 3.29. The van der Waals surface area contributed by atoms with E-state index in [-0.39, 0.29) is 5.95 Å². The van der Waals surface area contributed by atoms with Gasteiger partial charge in [-0.05, 0) is 43.5 Å². The number of fused-ring (bicyclic) bond motifs is 1. The smallest absolute Gasteiger partial charge is 0.310 e. The van der Waals surface area contributed by atoms with Crippen LogP contribution >= 0.6 is 11.3 Å². The Labute approximate surface area is 137 Å². The van der Waals surface area contributed by atoms with Gasteiger partial charge < -0.3 is 9.52 Å². The molecule has 5 heteroatoms. The van der Waals surface area contributed by atoms with Gasteiger partial charge in [0.1, 0.15) is 5.69 Å². The SMILES string of the molecule is CC1=Nc2ccc(C)cc2C1=Cc1nc(-c2cccs2)oc1O. The molecule has 0 bridgehead atoms. The van der Waals surface area contributed by atoms with Gasteiger partial charge in [-0.1, -0.05) is 17.7 Å². The van der Waals surface area contributed by atoms with Crippen molar-refractivity contribution in [3.8, 4) is 16.7 Å². The molecular formula is C18H14N2O2S. The zero-order valence-electron chi connectivity index (χ0n) is 12.7. The highest BCUT2D eigenvalue weighted by Crippen LogP contribution is 2.38. The molecule has 1 aromatic carbocycles. The molecule has 0 radical (unpaired) electrons. The monoisotopic (exact) mass is 322 g/mol. The highest BCUT2D eigenvalue weighted by molar-refractivity contribution is 7.13. The van der Waals surface area contributed by atoms with Crippen molar-refractivity contribution in [2.24, 2.45) is 4.99 Å². The van der Waals surface area contributed by atoms with Crippen molar-refractivity contribution < 1.29 is 9.52 Å². The largest absolute Gasteiger partial charge is 0.479 e. The van der Waals surface area contributed by atoms with Gasteiger partial charge in [-0.25, -0.2) is 4.98 Å². The van der Waals surface area contributed by atoms with Crippen LogP contribution in [0.4, 0.5) is 5.69 Å². The molecule has 0 saturated carbocycles. The molecule has 0 fully saturated rings. The summed E-state index contributed by atoms with van der Waals surface area (Å²) in [4.78, 5) is 9.86. The van der Waals surface area contributed by atoms with Crippen molar-refractivity contribution in [2.45, 2.75) is 13.8 Å². The van der Waals surface area contributed by atoms with Gasteiger partial charge in [0, 0.05) is 16.8 Å². The van der Waals surface area contributed by atoms with Crippen LogP contribution in [-0.4, -0.2) is 15.8 Å². The molecule has 1 N–H and O–H groups in total. The van der Waals surface area contributed by atoms with Crippen LogP contribution in [0.3, 0.4) is 0 Å². The van der Waals surface area contributed by atoms with E-state index in [9.17, 15) is 5.11 Å². The van der Waals surface area contributed by atoms with E-state index < -0.39 is 0 Å². The molecule has 4 nitrogen and oxygen atoms in total. The highest BCUT2D eigenvalue weighted by atomic mass is 32.1. The third-order valence-corrected chi connectivity index (χ3v) is 4.63. The molecule has 0 unspecified atom stereocenters. The van der Waals surface area contributed by atoms with E-state index in [0.717, 1.165) is 27.4 Å². The van der Waals surface area contributed by atoms with Crippen LogP contribution in [0.1, 0.15) is 23.7 Å². The fraction of sp³-hybridized carbons (Fsp3) is 0.111. The normalized spacial score (nSPS) is 15.0.